The first kappa shape index (κ1) is 22.7. The number of fused-ring (bicyclic) bond motifs is 8. The highest BCUT2D eigenvalue weighted by molar-refractivity contribution is 6.32. The lowest BCUT2D eigenvalue weighted by Crippen LogP contribution is -2.17. The molecule has 1 aromatic heterocycles. The number of anilines is 2. The Morgan fingerprint density at radius 3 is 1.88 bits per heavy atom. The predicted molar refractivity (Wildman–Crippen MR) is 169 cm³/mol. The normalized spacial score (nSPS) is 12.9. The van der Waals surface area contributed by atoms with Crippen LogP contribution in [0, 0.1) is 11.8 Å². The molecule has 2 heteroatoms. The molecular weight excluding hydrogens is 484 g/mol. The first-order valence-electron chi connectivity index (χ1n) is 13.8. The second-order valence-corrected chi connectivity index (χ2v) is 10.3. The summed E-state index contributed by atoms with van der Waals surface area (Å²) in [7, 11) is 0. The summed E-state index contributed by atoms with van der Waals surface area (Å²) < 4.78 is 2.45. The van der Waals surface area contributed by atoms with Gasteiger partial charge in [0.2, 0.25) is 0 Å². The molecule has 2 nitrogen and oxygen atoms in total. The Hall–Kier alpha value is -5.26. The maximum Gasteiger partial charge on any atom is 0.0625 e. The van der Waals surface area contributed by atoms with Gasteiger partial charge >= 0.3 is 0 Å². The average molecular weight is 511 g/mol. The Bertz CT molecular complexity index is 2150. The van der Waals surface area contributed by atoms with Crippen molar-refractivity contribution in [3.05, 3.63) is 139 Å². The quantitative estimate of drug-likeness (QED) is 0.169. The van der Waals surface area contributed by atoms with Crippen molar-refractivity contribution in [2.45, 2.75) is 12.8 Å². The highest BCUT2D eigenvalue weighted by atomic mass is 15.1. The summed E-state index contributed by atoms with van der Waals surface area (Å²) in [5.74, 6) is 6.41. The highest BCUT2D eigenvalue weighted by Crippen LogP contribution is 2.42. The first-order valence-corrected chi connectivity index (χ1v) is 13.8. The molecule has 0 saturated heterocycles. The van der Waals surface area contributed by atoms with Crippen LogP contribution in [-0.2, 0) is 0 Å². The van der Waals surface area contributed by atoms with Gasteiger partial charge in [-0.05, 0) is 65.0 Å². The van der Waals surface area contributed by atoms with Gasteiger partial charge in [-0.1, -0.05) is 96.8 Å². The number of aromatic nitrogens is 1. The highest BCUT2D eigenvalue weighted by Gasteiger charge is 2.20. The molecule has 6 aromatic carbocycles. The van der Waals surface area contributed by atoms with E-state index in [9.17, 15) is 0 Å². The van der Waals surface area contributed by atoms with E-state index in [0.29, 0.717) is 0 Å². The van der Waals surface area contributed by atoms with Gasteiger partial charge in [0.05, 0.1) is 11.0 Å². The van der Waals surface area contributed by atoms with Crippen molar-refractivity contribution in [1.29, 1.82) is 0 Å². The molecule has 40 heavy (non-hydrogen) atoms. The summed E-state index contributed by atoms with van der Waals surface area (Å²) in [5, 5.41) is 7.74. The molecule has 0 N–H and O–H groups in total. The van der Waals surface area contributed by atoms with Crippen molar-refractivity contribution in [3.8, 4) is 17.5 Å². The number of hydrogen-bond acceptors (Lipinski definition) is 1. The van der Waals surface area contributed by atoms with Gasteiger partial charge in [-0.3, -0.25) is 0 Å². The molecule has 8 rings (SSSR count). The van der Waals surface area contributed by atoms with Crippen LogP contribution in [0.2, 0.25) is 0 Å². The molecule has 1 aliphatic carbocycles. The minimum atomic E-state index is 0.885. The molecule has 0 saturated carbocycles. The van der Waals surface area contributed by atoms with E-state index < -0.39 is 0 Å². The van der Waals surface area contributed by atoms with Crippen molar-refractivity contribution in [1.82, 2.24) is 4.57 Å². The number of benzene rings is 6. The Balaban J connectivity index is 1.39. The Morgan fingerprint density at radius 1 is 0.550 bits per heavy atom. The van der Waals surface area contributed by atoms with Crippen molar-refractivity contribution in [3.63, 3.8) is 0 Å². The fraction of sp³-hybridized carbons (Fsp3) is 0.0526. The number of nitrogens with zero attached hydrogens (tertiary/aromatic N) is 2. The van der Waals surface area contributed by atoms with Crippen LogP contribution in [0.25, 0.3) is 49.0 Å². The summed E-state index contributed by atoms with van der Waals surface area (Å²) in [4.78, 5) is 2.34. The van der Waals surface area contributed by atoms with Crippen LogP contribution in [-0.4, -0.2) is 4.57 Å². The molecule has 0 bridgehead atoms. The standard InChI is InChI=1S/C38H26N2/c1-3-13-27(14-4-1)39(28-15-5-2-6-16-28)29-23-25-30(26-24-29)40-36-22-12-11-21-35(36)37-33-19-9-7-17-31(33)32-18-8-10-20-34(32)38(37)40/h1,3-4,7-14,16-26H,5,15H2. The van der Waals surface area contributed by atoms with Crippen molar-refractivity contribution in [2.75, 3.05) is 4.90 Å². The largest absolute Gasteiger partial charge is 0.314 e. The number of rotatable bonds is 4. The van der Waals surface area contributed by atoms with E-state index >= 15 is 0 Å². The molecule has 0 unspecified atom stereocenters. The van der Waals surface area contributed by atoms with Gasteiger partial charge in [-0.15, -0.1) is 0 Å². The van der Waals surface area contributed by atoms with E-state index in [0.717, 1.165) is 29.9 Å². The molecule has 0 atom stereocenters. The molecule has 0 amide bonds. The van der Waals surface area contributed by atoms with Crippen molar-refractivity contribution < 1.29 is 0 Å². The van der Waals surface area contributed by atoms with Crippen LogP contribution >= 0.6 is 0 Å². The van der Waals surface area contributed by atoms with E-state index in [4.69, 9.17) is 0 Å². The van der Waals surface area contributed by atoms with Crippen LogP contribution in [0.5, 0.6) is 0 Å². The number of hydrogen-bond donors (Lipinski definition) is 0. The summed E-state index contributed by atoms with van der Waals surface area (Å²) >= 11 is 0. The van der Waals surface area contributed by atoms with Gasteiger partial charge in [-0.2, -0.15) is 0 Å². The van der Waals surface area contributed by atoms with E-state index in [-0.39, 0.29) is 0 Å². The van der Waals surface area contributed by atoms with E-state index in [1.807, 2.05) is 0 Å². The smallest absolute Gasteiger partial charge is 0.0625 e. The zero-order chi connectivity index (χ0) is 26.5. The molecule has 188 valence electrons. The third-order valence-electron chi connectivity index (χ3n) is 8.06. The van der Waals surface area contributed by atoms with Gasteiger partial charge in [-0.25, -0.2) is 0 Å². The lowest BCUT2D eigenvalue weighted by molar-refractivity contribution is 0.941. The van der Waals surface area contributed by atoms with Crippen LogP contribution in [0.15, 0.2) is 139 Å². The predicted octanol–water partition coefficient (Wildman–Crippen LogP) is 9.91. The average Bonchev–Trinajstić information content (AvgIpc) is 3.39. The molecule has 0 spiro atoms. The summed E-state index contributed by atoms with van der Waals surface area (Å²) in [6.45, 7) is 0. The van der Waals surface area contributed by atoms with Crippen LogP contribution in [0.1, 0.15) is 12.8 Å². The Morgan fingerprint density at radius 2 is 1.15 bits per heavy atom. The van der Waals surface area contributed by atoms with Crippen LogP contribution in [0.4, 0.5) is 11.4 Å². The number of para-hydroxylation sites is 2. The summed E-state index contributed by atoms with van der Waals surface area (Å²) in [6, 6.07) is 46.0. The second kappa shape index (κ2) is 9.19. The topological polar surface area (TPSA) is 8.17 Å². The van der Waals surface area contributed by atoms with Gasteiger partial charge in [0, 0.05) is 51.4 Å². The number of allylic oxidation sites excluding steroid dienone is 2. The summed E-state index contributed by atoms with van der Waals surface area (Å²) in [6.07, 6.45) is 3.89. The minimum absolute atomic E-state index is 0.885. The van der Waals surface area contributed by atoms with Crippen molar-refractivity contribution >= 4 is 54.7 Å². The Labute approximate surface area is 233 Å². The lowest BCUT2D eigenvalue weighted by Gasteiger charge is -2.28. The van der Waals surface area contributed by atoms with Gasteiger partial charge in [0.1, 0.15) is 0 Å². The molecule has 0 aliphatic heterocycles. The molecule has 0 radical (unpaired) electrons. The van der Waals surface area contributed by atoms with Gasteiger partial charge in [0.15, 0.2) is 0 Å². The van der Waals surface area contributed by atoms with E-state index in [1.54, 1.807) is 0 Å². The van der Waals surface area contributed by atoms with E-state index in [2.05, 4.69) is 155 Å². The molecule has 7 aromatic rings. The van der Waals surface area contributed by atoms with Crippen molar-refractivity contribution in [2.24, 2.45) is 0 Å². The molecule has 1 aliphatic rings. The third kappa shape index (κ3) is 3.45. The SMILES string of the molecule is C1#CCCC(N(c2ccccc2)c2ccc(-n3c4ccccc4c4c5ccccc5c5ccccc5c43)cc2)=C1. The fourth-order valence-corrected chi connectivity index (χ4v) is 6.35. The summed E-state index contributed by atoms with van der Waals surface area (Å²) in [5.41, 5.74) is 7.15. The molecule has 1 heterocycles. The maximum absolute atomic E-state index is 3.20. The monoisotopic (exact) mass is 510 g/mol. The lowest BCUT2D eigenvalue weighted by atomic mass is 9.97. The molecular formula is C38H26N2. The van der Waals surface area contributed by atoms with Crippen LogP contribution < -0.4 is 4.90 Å². The zero-order valence-electron chi connectivity index (χ0n) is 22.0. The molecule has 0 fully saturated rings. The Kier molecular flexibility index (Phi) is 5.21. The third-order valence-corrected chi connectivity index (χ3v) is 8.06. The second-order valence-electron chi connectivity index (χ2n) is 10.3. The maximum atomic E-state index is 3.20. The van der Waals surface area contributed by atoms with E-state index in [1.165, 1.54) is 49.0 Å². The fourth-order valence-electron chi connectivity index (χ4n) is 6.35. The van der Waals surface area contributed by atoms with Gasteiger partial charge in [0.25, 0.3) is 0 Å². The van der Waals surface area contributed by atoms with Crippen LogP contribution in [0.3, 0.4) is 0 Å². The minimum Gasteiger partial charge on any atom is -0.314 e. The first-order chi connectivity index (χ1) is 19.9. The van der Waals surface area contributed by atoms with Gasteiger partial charge < -0.3 is 9.47 Å². The zero-order valence-corrected chi connectivity index (χ0v) is 22.0.